The number of benzene rings is 1. The zero-order valence-electron chi connectivity index (χ0n) is 14.5. The van der Waals surface area contributed by atoms with Crippen molar-refractivity contribution in [3.8, 4) is 0 Å². The second-order valence-electron chi connectivity index (χ2n) is 5.41. The minimum atomic E-state index is -0.116. The first-order chi connectivity index (χ1) is 12.1. The topological polar surface area (TPSA) is 61.4 Å². The van der Waals surface area contributed by atoms with Gasteiger partial charge in [0.15, 0.2) is 0 Å². The van der Waals surface area contributed by atoms with Crippen molar-refractivity contribution in [3.63, 3.8) is 0 Å². The summed E-state index contributed by atoms with van der Waals surface area (Å²) in [7, 11) is 0. The maximum absolute atomic E-state index is 12.3. The number of carbonyl (C=O) groups is 2. The molecule has 2 N–H and O–H groups in total. The Balaban J connectivity index is 1.81. The summed E-state index contributed by atoms with van der Waals surface area (Å²) in [5.41, 5.74) is 0.804. The molecule has 0 spiro atoms. The van der Waals surface area contributed by atoms with Crippen molar-refractivity contribution in [1.29, 1.82) is 0 Å². The number of likely N-dealkylation sites (N-methyl/N-ethyl adjacent to an activating group) is 1. The molecule has 134 valence electrons. The Bertz CT molecular complexity index is 689. The van der Waals surface area contributed by atoms with Gasteiger partial charge in [0.25, 0.3) is 0 Å². The lowest BCUT2D eigenvalue weighted by atomic mass is 10.3. The number of nitrogens with one attached hydrogen (secondary N) is 2. The molecule has 1 aromatic heterocycles. The summed E-state index contributed by atoms with van der Waals surface area (Å²) in [6.45, 7) is 3.49. The van der Waals surface area contributed by atoms with E-state index in [1.807, 2.05) is 59.9 Å². The zero-order chi connectivity index (χ0) is 18.1. The normalized spacial score (nSPS) is 10.7. The van der Waals surface area contributed by atoms with Gasteiger partial charge in [-0.05, 0) is 36.4 Å². The van der Waals surface area contributed by atoms with E-state index in [0.29, 0.717) is 13.1 Å². The lowest BCUT2D eigenvalue weighted by Crippen LogP contribution is -2.40. The largest absolute Gasteiger partial charge is 0.350 e. The number of thiophene rings is 1. The van der Waals surface area contributed by atoms with Gasteiger partial charge in [0, 0.05) is 9.77 Å². The van der Waals surface area contributed by atoms with E-state index in [2.05, 4.69) is 10.6 Å². The van der Waals surface area contributed by atoms with Crippen LogP contribution in [0.15, 0.2) is 46.7 Å². The lowest BCUT2D eigenvalue weighted by molar-refractivity contribution is -0.123. The summed E-state index contributed by atoms with van der Waals surface area (Å²) in [5.74, 6) is -0.193. The molecule has 2 amide bonds. The Morgan fingerprint density at radius 2 is 1.88 bits per heavy atom. The first-order valence-electron chi connectivity index (χ1n) is 8.06. The Kier molecular flexibility index (Phi) is 7.97. The van der Waals surface area contributed by atoms with Crippen LogP contribution in [0.2, 0.25) is 0 Å². The molecule has 0 aliphatic carbocycles. The first-order valence-corrected chi connectivity index (χ1v) is 10.2. The first kappa shape index (κ1) is 19.5. The van der Waals surface area contributed by atoms with Crippen LogP contribution in [0.4, 0.5) is 5.69 Å². The van der Waals surface area contributed by atoms with E-state index in [0.717, 1.165) is 15.5 Å². The molecule has 0 atom stereocenters. The van der Waals surface area contributed by atoms with Crippen LogP contribution in [0.5, 0.6) is 0 Å². The van der Waals surface area contributed by atoms with Crippen molar-refractivity contribution in [2.24, 2.45) is 0 Å². The number of para-hydroxylation sites is 1. The van der Waals surface area contributed by atoms with Gasteiger partial charge in [0.05, 0.1) is 25.3 Å². The fourth-order valence-corrected chi connectivity index (χ4v) is 3.48. The maximum atomic E-state index is 12.3. The number of thioether (sulfide) groups is 1. The van der Waals surface area contributed by atoms with E-state index < -0.39 is 0 Å². The van der Waals surface area contributed by atoms with Crippen molar-refractivity contribution in [3.05, 3.63) is 46.7 Å². The fourth-order valence-electron chi connectivity index (χ4n) is 2.28. The monoisotopic (exact) mass is 377 g/mol. The number of anilines is 1. The van der Waals surface area contributed by atoms with E-state index in [4.69, 9.17) is 0 Å². The molecule has 2 rings (SSSR count). The highest BCUT2D eigenvalue weighted by Crippen LogP contribution is 2.24. The van der Waals surface area contributed by atoms with Gasteiger partial charge in [-0.15, -0.1) is 23.1 Å². The standard InChI is InChI=1S/C18H23N3O2S2/c1-3-21(12-17(22)19-11-14-7-6-10-25-14)13-18(23)20-15-8-4-5-9-16(15)24-2/h4-10H,3,11-13H2,1-2H3,(H,19,22)(H,20,23). The van der Waals surface area contributed by atoms with Gasteiger partial charge in [-0.1, -0.05) is 25.1 Å². The van der Waals surface area contributed by atoms with Gasteiger partial charge in [0.1, 0.15) is 0 Å². The number of rotatable bonds is 9. The number of hydrogen-bond acceptors (Lipinski definition) is 5. The second-order valence-corrected chi connectivity index (χ2v) is 7.29. The number of carbonyl (C=O) groups excluding carboxylic acids is 2. The van der Waals surface area contributed by atoms with Crippen molar-refractivity contribution in [2.75, 3.05) is 31.2 Å². The summed E-state index contributed by atoms with van der Waals surface area (Å²) >= 11 is 3.20. The van der Waals surface area contributed by atoms with Crippen LogP contribution in [-0.4, -0.2) is 42.6 Å². The quantitative estimate of drug-likeness (QED) is 0.660. The molecule has 7 heteroatoms. The molecule has 0 aliphatic rings. The van der Waals surface area contributed by atoms with Crippen LogP contribution in [0.3, 0.4) is 0 Å². The molecule has 0 unspecified atom stereocenters. The molecule has 0 saturated heterocycles. The predicted molar refractivity (Wildman–Crippen MR) is 105 cm³/mol. The van der Waals surface area contributed by atoms with Crippen molar-refractivity contribution >= 4 is 40.6 Å². The van der Waals surface area contributed by atoms with Gasteiger partial charge < -0.3 is 10.6 Å². The van der Waals surface area contributed by atoms with E-state index in [1.54, 1.807) is 23.1 Å². The van der Waals surface area contributed by atoms with E-state index in [1.165, 1.54) is 0 Å². The third-order valence-electron chi connectivity index (χ3n) is 3.60. The third kappa shape index (κ3) is 6.53. The minimum absolute atomic E-state index is 0.0763. The van der Waals surface area contributed by atoms with Crippen molar-refractivity contribution in [1.82, 2.24) is 10.2 Å². The van der Waals surface area contributed by atoms with Crippen molar-refractivity contribution < 1.29 is 9.59 Å². The fraction of sp³-hybridized carbons (Fsp3) is 0.333. The maximum Gasteiger partial charge on any atom is 0.238 e. The average Bonchev–Trinajstić information content (AvgIpc) is 3.13. The summed E-state index contributed by atoms with van der Waals surface area (Å²) in [6.07, 6.45) is 1.97. The zero-order valence-corrected chi connectivity index (χ0v) is 16.1. The van der Waals surface area contributed by atoms with Gasteiger partial charge in [0.2, 0.25) is 11.8 Å². The molecule has 25 heavy (non-hydrogen) atoms. The lowest BCUT2D eigenvalue weighted by Gasteiger charge is -2.19. The molecule has 0 saturated carbocycles. The molecule has 5 nitrogen and oxygen atoms in total. The minimum Gasteiger partial charge on any atom is -0.350 e. The Hall–Kier alpha value is -1.83. The summed E-state index contributed by atoms with van der Waals surface area (Å²) < 4.78 is 0. The molecular formula is C18H23N3O2S2. The van der Waals surface area contributed by atoms with E-state index >= 15 is 0 Å². The average molecular weight is 378 g/mol. The van der Waals surface area contributed by atoms with Crippen LogP contribution in [-0.2, 0) is 16.1 Å². The van der Waals surface area contributed by atoms with Crippen LogP contribution in [0, 0.1) is 0 Å². The van der Waals surface area contributed by atoms with E-state index in [9.17, 15) is 9.59 Å². The third-order valence-corrected chi connectivity index (χ3v) is 5.27. The number of hydrogen-bond donors (Lipinski definition) is 2. The molecule has 1 heterocycles. The van der Waals surface area contributed by atoms with Crippen LogP contribution < -0.4 is 10.6 Å². The number of amides is 2. The Labute approximate surface area is 156 Å². The Morgan fingerprint density at radius 1 is 1.12 bits per heavy atom. The molecule has 2 aromatic rings. The van der Waals surface area contributed by atoms with Gasteiger partial charge in [-0.3, -0.25) is 14.5 Å². The van der Waals surface area contributed by atoms with Gasteiger partial charge in [-0.25, -0.2) is 0 Å². The molecule has 1 aromatic carbocycles. The Morgan fingerprint density at radius 3 is 2.56 bits per heavy atom. The van der Waals surface area contributed by atoms with Crippen LogP contribution in [0.25, 0.3) is 0 Å². The molecule has 0 aliphatic heterocycles. The number of nitrogens with zero attached hydrogens (tertiary/aromatic N) is 1. The summed E-state index contributed by atoms with van der Waals surface area (Å²) in [6, 6.07) is 11.6. The van der Waals surface area contributed by atoms with Crippen molar-refractivity contribution in [2.45, 2.75) is 18.4 Å². The summed E-state index contributed by atoms with van der Waals surface area (Å²) in [4.78, 5) is 28.3. The molecule has 0 fully saturated rings. The second kappa shape index (κ2) is 10.2. The summed E-state index contributed by atoms with van der Waals surface area (Å²) in [5, 5.41) is 7.79. The smallest absolute Gasteiger partial charge is 0.238 e. The van der Waals surface area contributed by atoms with E-state index in [-0.39, 0.29) is 24.9 Å². The highest BCUT2D eigenvalue weighted by Gasteiger charge is 2.14. The van der Waals surface area contributed by atoms with Crippen LogP contribution in [0.1, 0.15) is 11.8 Å². The van der Waals surface area contributed by atoms with Gasteiger partial charge >= 0.3 is 0 Å². The molecular weight excluding hydrogens is 354 g/mol. The predicted octanol–water partition coefficient (Wildman–Crippen LogP) is 3.05. The highest BCUT2D eigenvalue weighted by atomic mass is 32.2. The highest BCUT2D eigenvalue weighted by molar-refractivity contribution is 7.98. The molecule has 0 radical (unpaired) electrons. The van der Waals surface area contributed by atoms with Crippen LogP contribution >= 0.6 is 23.1 Å². The SMILES string of the molecule is CCN(CC(=O)NCc1cccs1)CC(=O)Nc1ccccc1SC. The van der Waals surface area contributed by atoms with Gasteiger partial charge in [-0.2, -0.15) is 0 Å². The molecule has 0 bridgehead atoms.